The van der Waals surface area contributed by atoms with Crippen molar-refractivity contribution in [2.75, 3.05) is 43.0 Å². The SMILES string of the molecule is CN(c1ccccc1)S(=O)(=O)c1cccc(C(=O)Nc2cccc(CN3CCOCC3)c2)c1. The van der Waals surface area contributed by atoms with Crippen molar-refractivity contribution in [2.45, 2.75) is 11.4 Å². The summed E-state index contributed by atoms with van der Waals surface area (Å²) in [6.07, 6.45) is 0. The largest absolute Gasteiger partial charge is 0.379 e. The Bertz CT molecular complexity index is 1210. The van der Waals surface area contributed by atoms with E-state index in [2.05, 4.69) is 10.2 Å². The number of ether oxygens (including phenoxy) is 1. The molecule has 1 fully saturated rings. The van der Waals surface area contributed by atoms with Gasteiger partial charge in [0.1, 0.15) is 0 Å². The number of para-hydroxylation sites is 1. The monoisotopic (exact) mass is 465 g/mol. The fourth-order valence-corrected chi connectivity index (χ4v) is 4.94. The van der Waals surface area contributed by atoms with Crippen molar-refractivity contribution in [1.82, 2.24) is 4.90 Å². The minimum absolute atomic E-state index is 0.0579. The van der Waals surface area contributed by atoms with Gasteiger partial charge in [-0.05, 0) is 48.0 Å². The number of carbonyl (C=O) groups is 1. The highest BCUT2D eigenvalue weighted by molar-refractivity contribution is 7.92. The lowest BCUT2D eigenvalue weighted by Gasteiger charge is -2.26. The number of hydrogen-bond acceptors (Lipinski definition) is 5. The quantitative estimate of drug-likeness (QED) is 0.577. The van der Waals surface area contributed by atoms with E-state index in [9.17, 15) is 13.2 Å². The first-order valence-corrected chi connectivity index (χ1v) is 12.2. The smallest absolute Gasteiger partial charge is 0.264 e. The number of rotatable bonds is 7. The van der Waals surface area contributed by atoms with Crippen LogP contribution in [0.2, 0.25) is 0 Å². The molecule has 1 saturated heterocycles. The summed E-state index contributed by atoms with van der Waals surface area (Å²) in [6.45, 7) is 4.02. The molecule has 7 nitrogen and oxygen atoms in total. The van der Waals surface area contributed by atoms with E-state index < -0.39 is 10.0 Å². The summed E-state index contributed by atoms with van der Waals surface area (Å²) in [4.78, 5) is 15.3. The van der Waals surface area contributed by atoms with Crippen LogP contribution in [0.1, 0.15) is 15.9 Å². The van der Waals surface area contributed by atoms with Crippen LogP contribution in [0.4, 0.5) is 11.4 Å². The molecule has 3 aromatic carbocycles. The average Bonchev–Trinajstić information content (AvgIpc) is 2.85. The highest BCUT2D eigenvalue weighted by Gasteiger charge is 2.22. The molecule has 0 saturated carbocycles. The van der Waals surface area contributed by atoms with E-state index >= 15 is 0 Å². The molecule has 0 aliphatic carbocycles. The maximum atomic E-state index is 13.1. The minimum Gasteiger partial charge on any atom is -0.379 e. The Labute approximate surface area is 194 Å². The van der Waals surface area contributed by atoms with Crippen LogP contribution >= 0.6 is 0 Å². The van der Waals surface area contributed by atoms with Crippen molar-refractivity contribution in [3.05, 3.63) is 90.0 Å². The van der Waals surface area contributed by atoms with E-state index in [1.54, 1.807) is 36.4 Å². The lowest BCUT2D eigenvalue weighted by Crippen LogP contribution is -2.35. The fourth-order valence-electron chi connectivity index (χ4n) is 3.70. The molecule has 172 valence electrons. The van der Waals surface area contributed by atoms with Crippen molar-refractivity contribution in [3.63, 3.8) is 0 Å². The second-order valence-electron chi connectivity index (χ2n) is 7.88. The Morgan fingerprint density at radius 2 is 1.70 bits per heavy atom. The van der Waals surface area contributed by atoms with Gasteiger partial charge in [0.2, 0.25) is 0 Å². The van der Waals surface area contributed by atoms with Gasteiger partial charge in [0.15, 0.2) is 0 Å². The van der Waals surface area contributed by atoms with Gasteiger partial charge in [-0.15, -0.1) is 0 Å². The van der Waals surface area contributed by atoms with Crippen molar-refractivity contribution in [1.29, 1.82) is 0 Å². The van der Waals surface area contributed by atoms with Crippen LogP contribution in [0.5, 0.6) is 0 Å². The Hall–Kier alpha value is -3.20. The van der Waals surface area contributed by atoms with Gasteiger partial charge in [0, 0.05) is 37.9 Å². The molecule has 1 N–H and O–H groups in total. The molecule has 0 atom stereocenters. The number of hydrogen-bond donors (Lipinski definition) is 1. The van der Waals surface area contributed by atoms with Gasteiger partial charge in [-0.3, -0.25) is 14.0 Å². The number of amides is 1. The van der Waals surface area contributed by atoms with Gasteiger partial charge in [0.05, 0.1) is 23.8 Å². The molecule has 8 heteroatoms. The third kappa shape index (κ3) is 5.60. The molecule has 1 amide bonds. The summed E-state index contributed by atoms with van der Waals surface area (Å²) >= 11 is 0. The topological polar surface area (TPSA) is 79.0 Å². The van der Waals surface area contributed by atoms with Crippen LogP contribution in [0, 0.1) is 0 Å². The first-order chi connectivity index (χ1) is 15.9. The second kappa shape index (κ2) is 10.2. The maximum absolute atomic E-state index is 13.1. The Kier molecular flexibility index (Phi) is 7.08. The van der Waals surface area contributed by atoms with Crippen LogP contribution in [-0.2, 0) is 21.3 Å². The summed E-state index contributed by atoms with van der Waals surface area (Å²) in [5.41, 5.74) is 2.58. The molecule has 1 aliphatic heterocycles. The number of nitrogens with zero attached hydrogens (tertiary/aromatic N) is 2. The summed E-state index contributed by atoms with van der Waals surface area (Å²) in [7, 11) is -2.31. The third-order valence-corrected chi connectivity index (χ3v) is 7.35. The minimum atomic E-state index is -3.81. The van der Waals surface area contributed by atoms with Crippen LogP contribution in [-0.4, -0.2) is 52.6 Å². The first kappa shape index (κ1) is 23.0. The number of morpholine rings is 1. The molecule has 0 spiro atoms. The van der Waals surface area contributed by atoms with Gasteiger partial charge < -0.3 is 10.1 Å². The molecule has 0 unspecified atom stereocenters. The van der Waals surface area contributed by atoms with Gasteiger partial charge in [-0.25, -0.2) is 8.42 Å². The van der Waals surface area contributed by atoms with Crippen LogP contribution in [0.15, 0.2) is 83.8 Å². The Morgan fingerprint density at radius 1 is 0.970 bits per heavy atom. The predicted molar refractivity (Wildman–Crippen MR) is 129 cm³/mol. The Morgan fingerprint density at radius 3 is 2.45 bits per heavy atom. The number of carbonyl (C=O) groups excluding carboxylic acids is 1. The zero-order valence-corrected chi connectivity index (χ0v) is 19.3. The fraction of sp³-hybridized carbons (Fsp3) is 0.240. The van der Waals surface area contributed by atoms with E-state index in [1.807, 2.05) is 30.3 Å². The zero-order chi connectivity index (χ0) is 23.3. The highest BCUT2D eigenvalue weighted by Crippen LogP contribution is 2.23. The first-order valence-electron chi connectivity index (χ1n) is 10.8. The number of benzene rings is 3. The molecule has 3 aromatic rings. The van der Waals surface area contributed by atoms with Gasteiger partial charge >= 0.3 is 0 Å². The van der Waals surface area contributed by atoms with E-state index in [-0.39, 0.29) is 16.4 Å². The molecule has 4 rings (SSSR count). The molecule has 1 heterocycles. The highest BCUT2D eigenvalue weighted by atomic mass is 32.2. The third-order valence-electron chi connectivity index (χ3n) is 5.57. The predicted octanol–water partition coefficient (Wildman–Crippen LogP) is 3.60. The Balaban J connectivity index is 1.48. The summed E-state index contributed by atoms with van der Waals surface area (Å²) in [6, 6.07) is 22.6. The van der Waals surface area contributed by atoms with E-state index in [4.69, 9.17) is 4.74 Å². The van der Waals surface area contributed by atoms with Gasteiger partial charge in [0.25, 0.3) is 15.9 Å². The average molecular weight is 466 g/mol. The van der Waals surface area contributed by atoms with E-state index in [1.165, 1.54) is 23.5 Å². The van der Waals surface area contributed by atoms with Crippen molar-refractivity contribution in [2.24, 2.45) is 0 Å². The molecule has 0 aromatic heterocycles. The normalized spacial score (nSPS) is 14.6. The van der Waals surface area contributed by atoms with Gasteiger partial charge in [-0.1, -0.05) is 36.4 Å². The summed E-state index contributed by atoms with van der Waals surface area (Å²) in [5.74, 6) is -0.363. The second-order valence-corrected chi connectivity index (χ2v) is 9.85. The van der Waals surface area contributed by atoms with E-state index in [0.29, 0.717) is 11.4 Å². The van der Waals surface area contributed by atoms with Crippen molar-refractivity contribution < 1.29 is 17.9 Å². The van der Waals surface area contributed by atoms with Crippen LogP contribution in [0.25, 0.3) is 0 Å². The molecule has 1 aliphatic rings. The molecule has 0 bridgehead atoms. The number of sulfonamides is 1. The summed E-state index contributed by atoms with van der Waals surface area (Å²) in [5, 5.41) is 2.88. The summed E-state index contributed by atoms with van der Waals surface area (Å²) < 4.78 is 32.8. The molecular formula is C25H27N3O4S. The van der Waals surface area contributed by atoms with Crippen molar-refractivity contribution >= 4 is 27.3 Å². The zero-order valence-electron chi connectivity index (χ0n) is 18.5. The van der Waals surface area contributed by atoms with Crippen molar-refractivity contribution in [3.8, 4) is 0 Å². The molecule has 0 radical (unpaired) electrons. The van der Waals surface area contributed by atoms with E-state index in [0.717, 1.165) is 38.4 Å². The molecular weight excluding hydrogens is 438 g/mol. The number of anilines is 2. The molecule has 33 heavy (non-hydrogen) atoms. The van der Waals surface area contributed by atoms with Crippen LogP contribution < -0.4 is 9.62 Å². The maximum Gasteiger partial charge on any atom is 0.264 e. The lowest BCUT2D eigenvalue weighted by atomic mass is 10.1. The van der Waals surface area contributed by atoms with Crippen LogP contribution in [0.3, 0.4) is 0 Å². The number of nitrogens with one attached hydrogen (secondary N) is 1. The lowest BCUT2D eigenvalue weighted by molar-refractivity contribution is 0.0342. The standard InChI is InChI=1S/C25H27N3O4S/c1-27(23-10-3-2-4-11-23)33(30,31)24-12-6-8-21(18-24)25(29)26-22-9-5-7-20(17-22)19-28-13-15-32-16-14-28/h2-12,17-18H,13-16,19H2,1H3,(H,26,29). The van der Waals surface area contributed by atoms with Gasteiger partial charge in [-0.2, -0.15) is 0 Å².